The van der Waals surface area contributed by atoms with Crippen LogP contribution in [0.3, 0.4) is 0 Å². The molecule has 11 heavy (non-hydrogen) atoms. The Bertz CT molecular complexity index is 115. The highest BCUT2D eigenvalue weighted by Crippen LogP contribution is 2.06. The van der Waals surface area contributed by atoms with Crippen molar-refractivity contribution >= 4 is 0 Å². The predicted molar refractivity (Wildman–Crippen MR) is 49.3 cm³/mol. The van der Waals surface area contributed by atoms with Crippen LogP contribution < -0.4 is 0 Å². The molecule has 0 fully saturated rings. The summed E-state index contributed by atoms with van der Waals surface area (Å²) in [6.45, 7) is 0. The van der Waals surface area contributed by atoms with Gasteiger partial charge < -0.3 is 0 Å². The van der Waals surface area contributed by atoms with Crippen LogP contribution in [0.1, 0.15) is 44.9 Å². The second kappa shape index (κ2) is 6.21. The Morgan fingerprint density at radius 3 is 2.55 bits per heavy atom. The summed E-state index contributed by atoms with van der Waals surface area (Å²) in [5.41, 5.74) is 0. The summed E-state index contributed by atoms with van der Waals surface area (Å²) in [6.07, 6.45) is 19.0. The minimum atomic E-state index is 1.16. The summed E-state index contributed by atoms with van der Waals surface area (Å²) in [6, 6.07) is 0. The summed E-state index contributed by atoms with van der Waals surface area (Å²) in [7, 11) is 0. The lowest BCUT2D eigenvalue weighted by Gasteiger charge is -1.90. The second-order valence-corrected chi connectivity index (χ2v) is 3.06. The van der Waals surface area contributed by atoms with Gasteiger partial charge >= 0.3 is 0 Å². The first-order valence-electron chi connectivity index (χ1n) is 4.70. The normalized spacial score (nSPS) is 26.9. The minimum absolute atomic E-state index is 1.16. The molecule has 61 valence electrons. The van der Waals surface area contributed by atoms with E-state index in [-0.39, 0.29) is 0 Å². The molecular formula is C11H17. The van der Waals surface area contributed by atoms with E-state index < -0.39 is 0 Å². The lowest BCUT2D eigenvalue weighted by atomic mass is 10.2. The van der Waals surface area contributed by atoms with Crippen LogP contribution in [-0.2, 0) is 0 Å². The van der Waals surface area contributed by atoms with Gasteiger partial charge in [0.05, 0.1) is 0 Å². The van der Waals surface area contributed by atoms with Gasteiger partial charge in [0.2, 0.25) is 0 Å². The quantitative estimate of drug-likeness (QED) is 0.461. The zero-order valence-electron chi connectivity index (χ0n) is 7.18. The average Bonchev–Trinajstić information content (AvgIpc) is 2.08. The van der Waals surface area contributed by atoms with Crippen molar-refractivity contribution < 1.29 is 0 Å². The molecule has 0 amide bonds. The smallest absolute Gasteiger partial charge is 0.0279 e. The molecule has 0 atom stereocenters. The Kier molecular flexibility index (Phi) is 4.84. The molecule has 0 saturated carbocycles. The molecule has 0 spiro atoms. The molecular weight excluding hydrogens is 132 g/mol. The number of hydrogen-bond donors (Lipinski definition) is 0. The maximum atomic E-state index is 3.33. The van der Waals surface area contributed by atoms with E-state index in [1.165, 1.54) is 38.5 Å². The Morgan fingerprint density at radius 2 is 1.64 bits per heavy atom. The summed E-state index contributed by atoms with van der Waals surface area (Å²) >= 11 is 0. The Balaban J connectivity index is 2.22. The number of hydrogen-bond acceptors (Lipinski definition) is 0. The molecule has 0 heteroatoms. The third kappa shape index (κ3) is 4.83. The van der Waals surface area contributed by atoms with Crippen LogP contribution in [0, 0.1) is 6.08 Å². The maximum absolute atomic E-state index is 3.33. The average molecular weight is 149 g/mol. The van der Waals surface area contributed by atoms with Gasteiger partial charge in [0.1, 0.15) is 0 Å². The van der Waals surface area contributed by atoms with E-state index in [4.69, 9.17) is 0 Å². The first-order valence-corrected chi connectivity index (χ1v) is 4.70. The fourth-order valence-corrected chi connectivity index (χ4v) is 1.27. The third-order valence-electron chi connectivity index (χ3n) is 1.97. The molecule has 0 aromatic heterocycles. The van der Waals surface area contributed by atoms with Gasteiger partial charge in [-0.3, -0.25) is 0 Å². The second-order valence-electron chi connectivity index (χ2n) is 3.06. The van der Waals surface area contributed by atoms with E-state index in [0.717, 1.165) is 6.42 Å². The van der Waals surface area contributed by atoms with Gasteiger partial charge in [-0.2, -0.15) is 0 Å². The lowest BCUT2D eigenvalue weighted by molar-refractivity contribution is 0.753. The summed E-state index contributed by atoms with van der Waals surface area (Å²) < 4.78 is 0. The molecule has 0 saturated heterocycles. The zero-order valence-corrected chi connectivity index (χ0v) is 7.18. The van der Waals surface area contributed by atoms with Crippen LogP contribution in [0.15, 0.2) is 18.2 Å². The van der Waals surface area contributed by atoms with Crippen LogP contribution in [0.2, 0.25) is 0 Å². The minimum Gasteiger partial charge on any atom is -0.0885 e. The van der Waals surface area contributed by atoms with Crippen LogP contribution in [-0.4, -0.2) is 0 Å². The number of allylic oxidation sites excluding steroid dienone is 4. The number of rotatable bonds is 0. The largest absolute Gasteiger partial charge is 0.0885 e. The van der Waals surface area contributed by atoms with Gasteiger partial charge in [-0.25, -0.2) is 0 Å². The Labute approximate surface area is 70.0 Å². The molecule has 0 aliphatic heterocycles. The molecule has 0 aromatic rings. The highest BCUT2D eigenvalue weighted by atomic mass is 13.9. The van der Waals surface area contributed by atoms with Crippen LogP contribution in [0.25, 0.3) is 0 Å². The molecule has 0 heterocycles. The molecule has 0 N–H and O–H groups in total. The molecule has 1 aliphatic carbocycles. The van der Waals surface area contributed by atoms with Gasteiger partial charge in [-0.1, -0.05) is 18.2 Å². The SMILES string of the molecule is [C]1=C\CCC/C=C\CCCC/1. The van der Waals surface area contributed by atoms with Crippen molar-refractivity contribution in [2.75, 3.05) is 0 Å². The van der Waals surface area contributed by atoms with E-state index in [9.17, 15) is 0 Å². The fourth-order valence-electron chi connectivity index (χ4n) is 1.27. The predicted octanol–water partition coefficient (Wildman–Crippen LogP) is 3.65. The van der Waals surface area contributed by atoms with Crippen molar-refractivity contribution in [3.63, 3.8) is 0 Å². The van der Waals surface area contributed by atoms with Crippen molar-refractivity contribution in [3.05, 3.63) is 24.3 Å². The first kappa shape index (κ1) is 8.58. The van der Waals surface area contributed by atoms with Crippen LogP contribution in [0.5, 0.6) is 0 Å². The fraction of sp³-hybridized carbons (Fsp3) is 0.636. The standard InChI is InChI=1S/C11H17/c1-2-4-6-8-10-11-9-7-5-3-1/h1-2,9H,3-8,10H2/b2-1-,11-9?. The molecule has 0 nitrogen and oxygen atoms in total. The molecule has 0 bridgehead atoms. The van der Waals surface area contributed by atoms with Gasteiger partial charge in [-0.05, 0) is 51.0 Å². The highest BCUT2D eigenvalue weighted by Gasteiger charge is 1.87. The van der Waals surface area contributed by atoms with Crippen molar-refractivity contribution in [2.45, 2.75) is 44.9 Å². The topological polar surface area (TPSA) is 0 Å². The van der Waals surface area contributed by atoms with Gasteiger partial charge in [0, 0.05) is 0 Å². The Hall–Kier alpha value is -0.520. The van der Waals surface area contributed by atoms with E-state index in [1.54, 1.807) is 0 Å². The van der Waals surface area contributed by atoms with E-state index in [2.05, 4.69) is 24.3 Å². The molecule has 1 radical (unpaired) electrons. The summed E-state index contributed by atoms with van der Waals surface area (Å²) in [4.78, 5) is 0. The van der Waals surface area contributed by atoms with E-state index in [0.29, 0.717) is 0 Å². The zero-order chi connectivity index (χ0) is 7.78. The monoisotopic (exact) mass is 149 g/mol. The van der Waals surface area contributed by atoms with Crippen LogP contribution in [0.4, 0.5) is 0 Å². The highest BCUT2D eigenvalue weighted by molar-refractivity contribution is 4.84. The van der Waals surface area contributed by atoms with Gasteiger partial charge in [0.15, 0.2) is 0 Å². The van der Waals surface area contributed by atoms with Crippen LogP contribution >= 0.6 is 0 Å². The van der Waals surface area contributed by atoms with Crippen molar-refractivity contribution in [1.82, 2.24) is 0 Å². The molecule has 1 rings (SSSR count). The maximum Gasteiger partial charge on any atom is -0.0279 e. The molecule has 0 aromatic carbocycles. The van der Waals surface area contributed by atoms with Crippen molar-refractivity contribution in [2.24, 2.45) is 0 Å². The van der Waals surface area contributed by atoms with E-state index in [1.807, 2.05) is 0 Å². The van der Waals surface area contributed by atoms with Gasteiger partial charge in [0.25, 0.3) is 0 Å². The summed E-state index contributed by atoms with van der Waals surface area (Å²) in [5, 5.41) is 0. The van der Waals surface area contributed by atoms with E-state index >= 15 is 0 Å². The van der Waals surface area contributed by atoms with Crippen molar-refractivity contribution in [1.29, 1.82) is 0 Å². The molecule has 1 aliphatic rings. The lowest BCUT2D eigenvalue weighted by Crippen LogP contribution is -1.71. The van der Waals surface area contributed by atoms with Gasteiger partial charge in [-0.15, -0.1) is 0 Å². The summed E-state index contributed by atoms with van der Waals surface area (Å²) in [5.74, 6) is 0. The van der Waals surface area contributed by atoms with Crippen molar-refractivity contribution in [3.8, 4) is 0 Å². The molecule has 0 unspecified atom stereocenters. The third-order valence-corrected chi connectivity index (χ3v) is 1.97. The Morgan fingerprint density at radius 1 is 0.818 bits per heavy atom. The first-order chi connectivity index (χ1) is 5.50.